The fourth-order valence-electron chi connectivity index (χ4n) is 4.15. The minimum Gasteiger partial charge on any atom is -0.310 e. The second kappa shape index (κ2) is 8.84. The number of aryl methyl sites for hydroxylation is 1. The third kappa shape index (κ3) is 4.50. The van der Waals surface area contributed by atoms with E-state index in [9.17, 15) is 4.79 Å². The van der Waals surface area contributed by atoms with Gasteiger partial charge in [-0.3, -0.25) is 14.4 Å². The van der Waals surface area contributed by atoms with E-state index < -0.39 is 0 Å². The average molecular weight is 428 g/mol. The maximum absolute atomic E-state index is 12.9. The Morgan fingerprint density at radius 3 is 2.59 bits per heavy atom. The van der Waals surface area contributed by atoms with Gasteiger partial charge < -0.3 is 5.32 Å². The lowest BCUT2D eigenvalue weighted by Gasteiger charge is -2.30. The van der Waals surface area contributed by atoms with E-state index in [2.05, 4.69) is 42.4 Å². The number of hydrogen-bond donors (Lipinski definition) is 1. The van der Waals surface area contributed by atoms with Crippen LogP contribution in [0.3, 0.4) is 0 Å². The van der Waals surface area contributed by atoms with E-state index in [1.165, 1.54) is 0 Å². The largest absolute Gasteiger partial charge is 0.310 e. The number of likely N-dealkylation sites (tertiary alicyclic amines) is 1. The zero-order valence-corrected chi connectivity index (χ0v) is 18.0. The van der Waals surface area contributed by atoms with Crippen molar-refractivity contribution in [3.8, 4) is 11.1 Å². The van der Waals surface area contributed by atoms with Crippen molar-refractivity contribution in [3.63, 3.8) is 0 Å². The first kappa shape index (κ1) is 20.3. The number of rotatable bonds is 5. The molecule has 4 aromatic rings. The highest BCUT2D eigenvalue weighted by molar-refractivity contribution is 5.95. The summed E-state index contributed by atoms with van der Waals surface area (Å²) < 4.78 is 1.79. The molecule has 0 unspecified atom stereocenters. The van der Waals surface area contributed by atoms with Crippen molar-refractivity contribution < 1.29 is 4.79 Å². The van der Waals surface area contributed by atoms with Crippen molar-refractivity contribution in [2.45, 2.75) is 19.4 Å². The van der Waals surface area contributed by atoms with Crippen molar-refractivity contribution in [2.75, 3.05) is 18.4 Å². The van der Waals surface area contributed by atoms with E-state index >= 15 is 0 Å². The van der Waals surface area contributed by atoms with Gasteiger partial charge in [-0.05, 0) is 55.1 Å². The van der Waals surface area contributed by atoms with Crippen LogP contribution in [0.5, 0.6) is 0 Å². The van der Waals surface area contributed by atoms with Crippen LogP contribution in [0.25, 0.3) is 21.9 Å². The molecule has 1 amide bonds. The molecule has 5 rings (SSSR count). The standard InChI is InChI=1S/C24H25N7O/c1-30-15-21(14-28-30)18-3-4-19-13-27-22(12-20(19)11-18)29-24(32)17-5-9-31(10-6-17)16-23-25-7-2-8-26-23/h2-4,7-8,11-15,17H,5-6,9-10,16H2,1H3,(H,27,29,32). The van der Waals surface area contributed by atoms with Gasteiger partial charge in [0.2, 0.25) is 5.91 Å². The summed E-state index contributed by atoms with van der Waals surface area (Å²) in [5.41, 5.74) is 2.15. The van der Waals surface area contributed by atoms with Gasteiger partial charge in [0.1, 0.15) is 11.6 Å². The van der Waals surface area contributed by atoms with Gasteiger partial charge in [0.05, 0.1) is 12.7 Å². The second-order valence-electron chi connectivity index (χ2n) is 8.24. The Morgan fingerprint density at radius 1 is 1.03 bits per heavy atom. The minimum absolute atomic E-state index is 0.0119. The predicted molar refractivity (Wildman–Crippen MR) is 123 cm³/mol. The van der Waals surface area contributed by atoms with Crippen LogP contribution in [0, 0.1) is 5.92 Å². The zero-order chi connectivity index (χ0) is 21.9. The lowest BCUT2D eigenvalue weighted by Crippen LogP contribution is -2.38. The van der Waals surface area contributed by atoms with E-state index in [1.54, 1.807) is 23.3 Å². The molecule has 0 atom stereocenters. The Kier molecular flexibility index (Phi) is 5.60. The van der Waals surface area contributed by atoms with Crippen molar-refractivity contribution >= 4 is 22.5 Å². The van der Waals surface area contributed by atoms with Gasteiger partial charge in [-0.15, -0.1) is 0 Å². The molecule has 32 heavy (non-hydrogen) atoms. The van der Waals surface area contributed by atoms with E-state index in [4.69, 9.17) is 0 Å². The molecule has 1 aliphatic rings. The van der Waals surface area contributed by atoms with Gasteiger partial charge in [-0.1, -0.05) is 12.1 Å². The van der Waals surface area contributed by atoms with Crippen LogP contribution in [0.1, 0.15) is 18.7 Å². The monoisotopic (exact) mass is 427 g/mol. The third-order valence-corrected chi connectivity index (χ3v) is 5.95. The van der Waals surface area contributed by atoms with Gasteiger partial charge in [0, 0.05) is 48.7 Å². The van der Waals surface area contributed by atoms with Crippen LogP contribution in [0.4, 0.5) is 5.82 Å². The summed E-state index contributed by atoms with van der Waals surface area (Å²) in [6, 6.07) is 9.97. The van der Waals surface area contributed by atoms with Crippen LogP contribution in [0.15, 0.2) is 61.3 Å². The van der Waals surface area contributed by atoms with Crippen LogP contribution >= 0.6 is 0 Å². The fourth-order valence-corrected chi connectivity index (χ4v) is 4.15. The van der Waals surface area contributed by atoms with Gasteiger partial charge in [0.25, 0.3) is 0 Å². The van der Waals surface area contributed by atoms with Gasteiger partial charge in [0.15, 0.2) is 0 Å². The third-order valence-electron chi connectivity index (χ3n) is 5.95. The molecule has 1 fully saturated rings. The van der Waals surface area contributed by atoms with Crippen LogP contribution < -0.4 is 5.32 Å². The van der Waals surface area contributed by atoms with Gasteiger partial charge in [-0.25, -0.2) is 15.0 Å². The number of amides is 1. The summed E-state index contributed by atoms with van der Waals surface area (Å²) in [6.07, 6.45) is 10.8. The highest BCUT2D eigenvalue weighted by Gasteiger charge is 2.25. The Bertz CT molecular complexity index is 1230. The highest BCUT2D eigenvalue weighted by Crippen LogP contribution is 2.26. The van der Waals surface area contributed by atoms with E-state index in [0.717, 1.165) is 60.2 Å². The maximum Gasteiger partial charge on any atom is 0.228 e. The van der Waals surface area contributed by atoms with Crippen molar-refractivity contribution in [1.29, 1.82) is 0 Å². The number of anilines is 1. The molecule has 1 saturated heterocycles. The number of pyridine rings is 1. The van der Waals surface area contributed by atoms with Gasteiger partial charge in [-0.2, -0.15) is 5.10 Å². The van der Waals surface area contributed by atoms with Gasteiger partial charge >= 0.3 is 0 Å². The summed E-state index contributed by atoms with van der Waals surface area (Å²) in [4.78, 5) is 28.2. The predicted octanol–water partition coefficient (Wildman–Crippen LogP) is 3.28. The topological polar surface area (TPSA) is 88.8 Å². The summed E-state index contributed by atoms with van der Waals surface area (Å²) in [6.45, 7) is 2.44. The lowest BCUT2D eigenvalue weighted by molar-refractivity contribution is -0.121. The normalized spacial score (nSPS) is 15.2. The molecule has 0 saturated carbocycles. The molecule has 1 N–H and O–H groups in total. The van der Waals surface area contributed by atoms with Crippen molar-refractivity contribution in [3.05, 3.63) is 67.1 Å². The molecule has 1 aliphatic heterocycles. The summed E-state index contributed by atoms with van der Waals surface area (Å²) in [5.74, 6) is 1.44. The minimum atomic E-state index is -0.0119. The number of aromatic nitrogens is 5. The number of hydrogen-bond acceptors (Lipinski definition) is 6. The number of piperidine rings is 1. The fraction of sp³-hybridized carbons (Fsp3) is 0.292. The Morgan fingerprint density at radius 2 is 1.84 bits per heavy atom. The summed E-state index contributed by atoms with van der Waals surface area (Å²) in [5, 5.41) is 9.34. The number of carbonyl (C=O) groups is 1. The lowest BCUT2D eigenvalue weighted by atomic mass is 9.96. The first-order chi connectivity index (χ1) is 15.6. The molecule has 0 aliphatic carbocycles. The van der Waals surface area contributed by atoms with Crippen LogP contribution in [0.2, 0.25) is 0 Å². The second-order valence-corrected chi connectivity index (χ2v) is 8.24. The smallest absolute Gasteiger partial charge is 0.228 e. The summed E-state index contributed by atoms with van der Waals surface area (Å²) >= 11 is 0. The average Bonchev–Trinajstić information content (AvgIpc) is 3.26. The van der Waals surface area contributed by atoms with E-state index in [-0.39, 0.29) is 11.8 Å². The molecule has 8 nitrogen and oxygen atoms in total. The molecule has 1 aromatic carbocycles. The molecule has 0 spiro atoms. The quantitative estimate of drug-likeness (QED) is 0.526. The maximum atomic E-state index is 12.9. The molecular weight excluding hydrogens is 402 g/mol. The van der Waals surface area contributed by atoms with E-state index in [1.807, 2.05) is 37.6 Å². The highest BCUT2D eigenvalue weighted by atomic mass is 16.1. The molecule has 0 bridgehead atoms. The zero-order valence-electron chi connectivity index (χ0n) is 18.0. The van der Waals surface area contributed by atoms with Crippen molar-refractivity contribution in [2.24, 2.45) is 13.0 Å². The molecule has 0 radical (unpaired) electrons. The molecule has 8 heteroatoms. The number of nitrogens with one attached hydrogen (secondary N) is 1. The first-order valence-corrected chi connectivity index (χ1v) is 10.8. The summed E-state index contributed by atoms with van der Waals surface area (Å²) in [7, 11) is 1.90. The SMILES string of the molecule is Cn1cc(-c2ccc3cnc(NC(=O)C4CCN(Cc5ncccn5)CC4)cc3c2)cn1. The molecular formula is C24H25N7O. The molecule has 4 heterocycles. The van der Waals surface area contributed by atoms with E-state index in [0.29, 0.717) is 5.82 Å². The van der Waals surface area contributed by atoms with Crippen LogP contribution in [-0.2, 0) is 18.4 Å². The first-order valence-electron chi connectivity index (χ1n) is 10.8. The Hall–Kier alpha value is -3.65. The number of carbonyl (C=O) groups excluding carboxylic acids is 1. The van der Waals surface area contributed by atoms with Crippen LogP contribution in [-0.4, -0.2) is 48.6 Å². The number of nitrogens with zero attached hydrogens (tertiary/aromatic N) is 6. The number of fused-ring (bicyclic) bond motifs is 1. The molecule has 162 valence electrons. The Balaban J connectivity index is 1.22. The Labute approximate surface area is 186 Å². The molecule has 3 aromatic heterocycles. The van der Waals surface area contributed by atoms with Crippen molar-refractivity contribution in [1.82, 2.24) is 29.6 Å². The number of benzene rings is 1.